The van der Waals surface area contributed by atoms with E-state index in [2.05, 4.69) is 12.2 Å². The molecule has 3 rings (SSSR count). The monoisotopic (exact) mass is 124 g/mol. The van der Waals surface area contributed by atoms with Crippen LogP contribution < -0.4 is 0 Å². The molecule has 2 bridgehead atoms. The first-order valence-electron chi connectivity index (χ1n) is 3.71. The van der Waals surface area contributed by atoms with Crippen LogP contribution in [0.3, 0.4) is 0 Å². The van der Waals surface area contributed by atoms with Gasteiger partial charge in [0, 0.05) is 6.61 Å². The van der Waals surface area contributed by atoms with Gasteiger partial charge >= 0.3 is 0 Å². The molecule has 2 atom stereocenters. The van der Waals surface area contributed by atoms with Crippen LogP contribution in [0.15, 0.2) is 12.2 Å². The largest absolute Gasteiger partial charge is 0.396 e. The smallest absolute Gasteiger partial charge is 0.0434 e. The highest BCUT2D eigenvalue weighted by Gasteiger charge is 2.41. The molecule has 0 spiro atoms. The fraction of sp³-hybridized carbons (Fsp3) is 0.750. The highest BCUT2D eigenvalue weighted by atomic mass is 16.3. The Balaban J connectivity index is 1.92. The van der Waals surface area contributed by atoms with E-state index in [0.29, 0.717) is 6.61 Å². The van der Waals surface area contributed by atoms with Gasteiger partial charge in [-0.1, -0.05) is 12.2 Å². The standard InChI is InChI=1S/C8H12O/c9-4-3-8-6-1-2-7(8)5-6/h1-2,6-9H,3-5H2. The minimum atomic E-state index is 0.374. The topological polar surface area (TPSA) is 20.2 Å². The van der Waals surface area contributed by atoms with E-state index in [4.69, 9.17) is 5.11 Å². The summed E-state index contributed by atoms with van der Waals surface area (Å²) in [7, 11) is 0. The molecule has 0 aromatic rings. The van der Waals surface area contributed by atoms with Crippen molar-refractivity contribution in [2.45, 2.75) is 12.8 Å². The SMILES string of the molecule is OCCC1C2C=CC1C2. The second-order valence-electron chi connectivity index (χ2n) is 3.12. The molecule has 1 heteroatoms. The first-order valence-corrected chi connectivity index (χ1v) is 3.71. The predicted molar refractivity (Wildman–Crippen MR) is 35.9 cm³/mol. The van der Waals surface area contributed by atoms with Crippen LogP contribution in [-0.2, 0) is 0 Å². The zero-order valence-corrected chi connectivity index (χ0v) is 5.46. The minimum absolute atomic E-state index is 0.374. The van der Waals surface area contributed by atoms with E-state index in [9.17, 15) is 0 Å². The lowest BCUT2D eigenvalue weighted by Crippen LogP contribution is -2.29. The number of aliphatic hydroxyl groups excluding tert-OH is 1. The Morgan fingerprint density at radius 3 is 2.44 bits per heavy atom. The summed E-state index contributed by atoms with van der Waals surface area (Å²) in [6, 6.07) is 0. The maximum Gasteiger partial charge on any atom is 0.0434 e. The Morgan fingerprint density at radius 1 is 1.33 bits per heavy atom. The zero-order valence-electron chi connectivity index (χ0n) is 5.46. The highest BCUT2D eigenvalue weighted by molar-refractivity contribution is 5.15. The van der Waals surface area contributed by atoms with Crippen molar-refractivity contribution in [2.24, 2.45) is 17.8 Å². The Kier molecular flexibility index (Phi) is 1.12. The van der Waals surface area contributed by atoms with E-state index >= 15 is 0 Å². The normalized spacial score (nSPS) is 45.2. The van der Waals surface area contributed by atoms with Gasteiger partial charge < -0.3 is 5.11 Å². The second-order valence-corrected chi connectivity index (χ2v) is 3.12. The molecule has 0 aliphatic heterocycles. The Labute approximate surface area is 55.4 Å². The van der Waals surface area contributed by atoms with Gasteiger partial charge in [-0.3, -0.25) is 0 Å². The Bertz CT molecular complexity index is 128. The van der Waals surface area contributed by atoms with Gasteiger partial charge in [-0.25, -0.2) is 0 Å². The van der Waals surface area contributed by atoms with Crippen LogP contribution in [0.4, 0.5) is 0 Å². The van der Waals surface area contributed by atoms with Crippen LogP contribution in [0.1, 0.15) is 12.8 Å². The number of rotatable bonds is 2. The summed E-state index contributed by atoms with van der Waals surface area (Å²) in [5, 5.41) is 8.64. The average Bonchev–Trinajstić information content (AvgIpc) is 2.39. The minimum Gasteiger partial charge on any atom is -0.396 e. The Morgan fingerprint density at radius 2 is 2.00 bits per heavy atom. The number of hydrogen-bond donors (Lipinski definition) is 1. The third-order valence-electron chi connectivity index (χ3n) is 2.71. The molecule has 50 valence electrons. The second kappa shape index (κ2) is 1.84. The fourth-order valence-electron chi connectivity index (χ4n) is 2.09. The first-order chi connectivity index (χ1) is 4.42. The summed E-state index contributed by atoms with van der Waals surface area (Å²) < 4.78 is 0. The van der Waals surface area contributed by atoms with Gasteiger partial charge in [-0.05, 0) is 30.6 Å². The van der Waals surface area contributed by atoms with E-state index < -0.39 is 0 Å². The van der Waals surface area contributed by atoms with Crippen LogP contribution in [-0.4, -0.2) is 11.7 Å². The molecule has 3 aliphatic rings. The molecule has 3 aliphatic carbocycles. The van der Waals surface area contributed by atoms with Crippen LogP contribution >= 0.6 is 0 Å². The molecule has 1 saturated carbocycles. The van der Waals surface area contributed by atoms with Crippen molar-refractivity contribution in [3.8, 4) is 0 Å². The quantitative estimate of drug-likeness (QED) is 0.548. The third kappa shape index (κ3) is 0.645. The molecule has 2 unspecified atom stereocenters. The number of allylic oxidation sites excluding steroid dienone is 2. The summed E-state index contributed by atoms with van der Waals surface area (Å²) in [6.07, 6.45) is 7.00. The summed E-state index contributed by atoms with van der Waals surface area (Å²) >= 11 is 0. The summed E-state index contributed by atoms with van der Waals surface area (Å²) in [6.45, 7) is 0.374. The summed E-state index contributed by atoms with van der Waals surface area (Å²) in [5.41, 5.74) is 0. The maximum atomic E-state index is 8.64. The molecule has 1 nitrogen and oxygen atoms in total. The molecule has 1 N–H and O–H groups in total. The molecule has 9 heavy (non-hydrogen) atoms. The van der Waals surface area contributed by atoms with Gasteiger partial charge in [0.1, 0.15) is 0 Å². The van der Waals surface area contributed by atoms with Crippen molar-refractivity contribution in [2.75, 3.05) is 6.61 Å². The third-order valence-corrected chi connectivity index (χ3v) is 2.71. The van der Waals surface area contributed by atoms with Crippen molar-refractivity contribution in [1.29, 1.82) is 0 Å². The number of hydrogen-bond acceptors (Lipinski definition) is 1. The van der Waals surface area contributed by atoms with Gasteiger partial charge in [-0.2, -0.15) is 0 Å². The van der Waals surface area contributed by atoms with Crippen LogP contribution in [0.5, 0.6) is 0 Å². The van der Waals surface area contributed by atoms with Crippen molar-refractivity contribution < 1.29 is 5.11 Å². The molecule has 0 saturated heterocycles. The predicted octanol–water partition coefficient (Wildman–Crippen LogP) is 1.19. The molecule has 0 amide bonds. The van der Waals surface area contributed by atoms with Gasteiger partial charge in [0.25, 0.3) is 0 Å². The molecule has 0 aromatic heterocycles. The summed E-state index contributed by atoms with van der Waals surface area (Å²) in [4.78, 5) is 0. The molecule has 0 heterocycles. The van der Waals surface area contributed by atoms with Gasteiger partial charge in [0.05, 0.1) is 0 Å². The molecule has 0 aromatic carbocycles. The Hall–Kier alpha value is -0.300. The lowest BCUT2D eigenvalue weighted by molar-refractivity contribution is 0.132. The van der Waals surface area contributed by atoms with Gasteiger partial charge in [0.15, 0.2) is 0 Å². The van der Waals surface area contributed by atoms with E-state index in [0.717, 1.165) is 24.2 Å². The number of aliphatic hydroxyl groups is 1. The maximum absolute atomic E-state index is 8.64. The van der Waals surface area contributed by atoms with Gasteiger partial charge in [0.2, 0.25) is 0 Å². The fourth-order valence-corrected chi connectivity index (χ4v) is 2.09. The van der Waals surface area contributed by atoms with Crippen molar-refractivity contribution in [1.82, 2.24) is 0 Å². The molecule has 0 radical (unpaired) electrons. The molecular formula is C8H12O. The van der Waals surface area contributed by atoms with E-state index in [1.807, 2.05) is 0 Å². The average molecular weight is 124 g/mol. The van der Waals surface area contributed by atoms with Gasteiger partial charge in [-0.15, -0.1) is 0 Å². The van der Waals surface area contributed by atoms with E-state index in [-0.39, 0.29) is 0 Å². The summed E-state index contributed by atoms with van der Waals surface area (Å²) in [5.74, 6) is 2.49. The van der Waals surface area contributed by atoms with Crippen LogP contribution in [0, 0.1) is 17.8 Å². The van der Waals surface area contributed by atoms with E-state index in [1.54, 1.807) is 0 Å². The van der Waals surface area contributed by atoms with E-state index in [1.165, 1.54) is 6.42 Å². The first kappa shape index (κ1) is 5.48. The lowest BCUT2D eigenvalue weighted by Gasteiger charge is -2.35. The zero-order chi connectivity index (χ0) is 6.27. The molecule has 1 fully saturated rings. The lowest BCUT2D eigenvalue weighted by atomic mass is 9.69. The van der Waals surface area contributed by atoms with Crippen LogP contribution in [0.25, 0.3) is 0 Å². The highest BCUT2D eigenvalue weighted by Crippen LogP contribution is 2.49. The molecular weight excluding hydrogens is 112 g/mol. The van der Waals surface area contributed by atoms with Crippen molar-refractivity contribution >= 4 is 0 Å². The van der Waals surface area contributed by atoms with Crippen LogP contribution in [0.2, 0.25) is 0 Å². The van der Waals surface area contributed by atoms with Crippen molar-refractivity contribution in [3.63, 3.8) is 0 Å². The van der Waals surface area contributed by atoms with Crippen molar-refractivity contribution in [3.05, 3.63) is 12.2 Å².